The molecule has 21 heavy (non-hydrogen) atoms. The highest BCUT2D eigenvalue weighted by Gasteiger charge is 2.14. The second-order valence-corrected chi connectivity index (χ2v) is 6.58. The summed E-state index contributed by atoms with van der Waals surface area (Å²) in [6, 6.07) is 10.4. The van der Waals surface area contributed by atoms with E-state index in [-0.39, 0.29) is 0 Å². The molecule has 3 nitrogen and oxygen atoms in total. The van der Waals surface area contributed by atoms with Crippen molar-refractivity contribution in [2.75, 3.05) is 24.0 Å². The van der Waals surface area contributed by atoms with Gasteiger partial charge in [-0.15, -0.1) is 0 Å². The van der Waals surface area contributed by atoms with Crippen molar-refractivity contribution in [3.05, 3.63) is 35.9 Å². The van der Waals surface area contributed by atoms with Gasteiger partial charge in [0.2, 0.25) is 0 Å². The molecule has 0 saturated carbocycles. The van der Waals surface area contributed by atoms with Crippen LogP contribution in [0.4, 0.5) is 5.82 Å². The largest absolute Gasteiger partial charge is 0.389 e. The van der Waals surface area contributed by atoms with Crippen molar-refractivity contribution < 1.29 is 0 Å². The second-order valence-electron chi connectivity index (χ2n) is 5.15. The molecular weight excluding hydrogens is 298 g/mol. The number of aromatic nitrogens is 1. The first-order valence-electron chi connectivity index (χ1n) is 6.96. The smallest absolute Gasteiger partial charge is 0.129 e. The lowest BCUT2D eigenvalue weighted by molar-refractivity contribution is 0.663. The van der Waals surface area contributed by atoms with E-state index in [0.29, 0.717) is 11.0 Å². The Morgan fingerprint density at radius 3 is 2.81 bits per heavy atom. The SMILES string of the molecule is CSCCC(C)N(C)c1cc(C(N)=S)c2ccccc2n1. The number of anilines is 1. The molecule has 1 aromatic heterocycles. The lowest BCUT2D eigenvalue weighted by Gasteiger charge is -2.26. The van der Waals surface area contributed by atoms with Crippen LogP contribution in [0.25, 0.3) is 10.9 Å². The van der Waals surface area contributed by atoms with Crippen LogP contribution < -0.4 is 10.6 Å². The minimum absolute atomic E-state index is 0.417. The minimum atomic E-state index is 0.417. The van der Waals surface area contributed by atoms with Gasteiger partial charge in [-0.1, -0.05) is 30.4 Å². The molecule has 2 rings (SSSR count). The molecule has 0 aliphatic carbocycles. The van der Waals surface area contributed by atoms with Gasteiger partial charge >= 0.3 is 0 Å². The van der Waals surface area contributed by atoms with Gasteiger partial charge in [0.05, 0.1) is 5.52 Å². The summed E-state index contributed by atoms with van der Waals surface area (Å²) in [5, 5.41) is 1.01. The Morgan fingerprint density at radius 2 is 2.14 bits per heavy atom. The minimum Gasteiger partial charge on any atom is -0.389 e. The molecule has 1 unspecified atom stereocenters. The number of thioether (sulfide) groups is 1. The lowest BCUT2D eigenvalue weighted by atomic mass is 10.1. The summed E-state index contributed by atoms with van der Waals surface area (Å²) in [5.74, 6) is 2.06. The summed E-state index contributed by atoms with van der Waals surface area (Å²) >= 11 is 7.06. The van der Waals surface area contributed by atoms with Crippen LogP contribution in [0.3, 0.4) is 0 Å². The quantitative estimate of drug-likeness (QED) is 0.826. The van der Waals surface area contributed by atoms with E-state index in [1.54, 1.807) is 0 Å². The Labute approximate surface area is 135 Å². The third-order valence-electron chi connectivity index (χ3n) is 3.73. The van der Waals surface area contributed by atoms with Gasteiger partial charge in [0.1, 0.15) is 10.8 Å². The molecule has 2 aromatic rings. The fourth-order valence-electron chi connectivity index (χ4n) is 2.25. The summed E-state index contributed by atoms with van der Waals surface area (Å²) in [6.07, 6.45) is 3.25. The van der Waals surface area contributed by atoms with E-state index in [0.717, 1.165) is 34.5 Å². The van der Waals surface area contributed by atoms with Crippen molar-refractivity contribution in [1.29, 1.82) is 0 Å². The van der Waals surface area contributed by atoms with E-state index < -0.39 is 0 Å². The maximum absolute atomic E-state index is 5.89. The third kappa shape index (κ3) is 3.66. The molecular formula is C16H21N3S2. The molecule has 2 N–H and O–H groups in total. The fourth-order valence-corrected chi connectivity index (χ4v) is 3.00. The Hall–Kier alpha value is -1.33. The Kier molecular flexibility index (Phi) is 5.42. The molecule has 0 spiro atoms. The van der Waals surface area contributed by atoms with Crippen molar-refractivity contribution in [3.63, 3.8) is 0 Å². The summed E-state index contributed by atoms with van der Waals surface area (Å²) in [4.78, 5) is 7.37. The number of para-hydroxylation sites is 1. The zero-order chi connectivity index (χ0) is 15.4. The molecule has 0 amide bonds. The van der Waals surface area contributed by atoms with Gasteiger partial charge in [0, 0.05) is 24.0 Å². The molecule has 1 atom stereocenters. The topological polar surface area (TPSA) is 42.1 Å². The molecule has 112 valence electrons. The molecule has 0 aliphatic heterocycles. The third-order valence-corrected chi connectivity index (χ3v) is 4.59. The van der Waals surface area contributed by atoms with Gasteiger partial charge in [-0.3, -0.25) is 0 Å². The molecule has 1 heterocycles. The fraction of sp³-hybridized carbons (Fsp3) is 0.375. The zero-order valence-electron chi connectivity index (χ0n) is 12.7. The number of hydrogen-bond donors (Lipinski definition) is 1. The van der Waals surface area contributed by atoms with E-state index in [2.05, 4.69) is 25.1 Å². The van der Waals surface area contributed by atoms with Crippen LogP contribution in [0.15, 0.2) is 30.3 Å². The van der Waals surface area contributed by atoms with Crippen LogP contribution in [-0.2, 0) is 0 Å². The van der Waals surface area contributed by atoms with Crippen molar-refractivity contribution >= 4 is 45.7 Å². The van der Waals surface area contributed by atoms with Gasteiger partial charge in [0.15, 0.2) is 0 Å². The van der Waals surface area contributed by atoms with Gasteiger partial charge in [-0.05, 0) is 37.5 Å². The van der Waals surface area contributed by atoms with E-state index in [4.69, 9.17) is 22.9 Å². The number of fused-ring (bicyclic) bond motifs is 1. The molecule has 0 fully saturated rings. The van der Waals surface area contributed by atoms with E-state index in [1.807, 2.05) is 42.1 Å². The molecule has 0 radical (unpaired) electrons. The molecule has 0 saturated heterocycles. The Balaban J connectivity index is 2.42. The maximum atomic E-state index is 5.89. The normalized spacial score (nSPS) is 12.3. The van der Waals surface area contributed by atoms with Crippen LogP contribution in [0, 0.1) is 0 Å². The van der Waals surface area contributed by atoms with E-state index in [9.17, 15) is 0 Å². The number of benzene rings is 1. The number of thiocarbonyl (C=S) groups is 1. The Bertz CT molecular complexity index is 642. The standard InChI is InChI=1S/C16H21N3S2/c1-11(8-9-21-3)19(2)15-10-13(16(17)20)12-6-4-5-7-14(12)18-15/h4-7,10-11H,8-9H2,1-3H3,(H2,17,20). The summed E-state index contributed by atoms with van der Waals surface area (Å²) in [5.41, 5.74) is 7.72. The molecule has 5 heteroatoms. The number of hydrogen-bond acceptors (Lipinski definition) is 4. The monoisotopic (exact) mass is 319 g/mol. The van der Waals surface area contributed by atoms with Crippen molar-refractivity contribution in [2.45, 2.75) is 19.4 Å². The van der Waals surface area contributed by atoms with Crippen molar-refractivity contribution in [3.8, 4) is 0 Å². The zero-order valence-corrected chi connectivity index (χ0v) is 14.3. The predicted octanol–water partition coefficient (Wildman–Crippen LogP) is 3.45. The summed E-state index contributed by atoms with van der Waals surface area (Å²) < 4.78 is 0. The van der Waals surface area contributed by atoms with E-state index >= 15 is 0 Å². The highest BCUT2D eigenvalue weighted by Crippen LogP contribution is 2.24. The highest BCUT2D eigenvalue weighted by molar-refractivity contribution is 7.98. The lowest BCUT2D eigenvalue weighted by Crippen LogP contribution is -2.30. The predicted molar refractivity (Wildman–Crippen MR) is 98.5 cm³/mol. The number of pyridine rings is 1. The number of nitrogens with zero attached hydrogens (tertiary/aromatic N) is 2. The number of nitrogens with two attached hydrogens (primary N) is 1. The maximum Gasteiger partial charge on any atom is 0.129 e. The van der Waals surface area contributed by atoms with Crippen LogP contribution >= 0.6 is 24.0 Å². The second kappa shape index (κ2) is 7.09. The first-order valence-corrected chi connectivity index (χ1v) is 8.76. The summed E-state index contributed by atoms with van der Waals surface area (Å²) in [6.45, 7) is 2.22. The van der Waals surface area contributed by atoms with Crippen LogP contribution in [0.5, 0.6) is 0 Å². The average molecular weight is 319 g/mol. The molecule has 0 aliphatic rings. The van der Waals surface area contributed by atoms with Crippen LogP contribution in [0.1, 0.15) is 18.9 Å². The number of rotatable bonds is 6. The van der Waals surface area contributed by atoms with Gasteiger partial charge in [-0.25, -0.2) is 4.98 Å². The molecule has 1 aromatic carbocycles. The first-order chi connectivity index (χ1) is 10.0. The molecule has 0 bridgehead atoms. The average Bonchev–Trinajstić information content (AvgIpc) is 2.50. The van der Waals surface area contributed by atoms with Crippen LogP contribution in [0.2, 0.25) is 0 Å². The Morgan fingerprint density at radius 1 is 1.43 bits per heavy atom. The summed E-state index contributed by atoms with van der Waals surface area (Å²) in [7, 11) is 2.07. The first kappa shape index (κ1) is 16.0. The van der Waals surface area contributed by atoms with E-state index in [1.165, 1.54) is 0 Å². The highest BCUT2D eigenvalue weighted by atomic mass is 32.2. The van der Waals surface area contributed by atoms with Crippen molar-refractivity contribution in [2.24, 2.45) is 5.73 Å². The van der Waals surface area contributed by atoms with Gasteiger partial charge < -0.3 is 10.6 Å². The van der Waals surface area contributed by atoms with Gasteiger partial charge in [0.25, 0.3) is 0 Å². The van der Waals surface area contributed by atoms with Gasteiger partial charge in [-0.2, -0.15) is 11.8 Å². The van der Waals surface area contributed by atoms with Crippen molar-refractivity contribution in [1.82, 2.24) is 4.98 Å². The van der Waals surface area contributed by atoms with Crippen LogP contribution in [-0.4, -0.2) is 35.1 Å².